The largest absolute Gasteiger partial charge is 0.467 e. The van der Waals surface area contributed by atoms with Crippen molar-refractivity contribution in [1.29, 1.82) is 0 Å². The zero-order valence-corrected chi connectivity index (χ0v) is 18.5. The zero-order valence-electron chi connectivity index (χ0n) is 18.5. The lowest BCUT2D eigenvalue weighted by atomic mass is 9.99. The van der Waals surface area contributed by atoms with Gasteiger partial charge in [0.1, 0.15) is 6.04 Å². The van der Waals surface area contributed by atoms with E-state index >= 15 is 0 Å². The number of nitrogens with zero attached hydrogens (tertiary/aromatic N) is 3. The standard InChI is InChI=1S/C25H26N4O4/c1-17(30)27-21-14-22(25(32)33-2)29(23(21)19-8-4-3-5-9-19)24(31)20-10-6-7-18(13-20)15-28-12-11-26-16-28/h3-13,16,21-23H,14-15H2,1-2H3,(H,27,30)/t21-,22+,23+/m1/s1. The summed E-state index contributed by atoms with van der Waals surface area (Å²) in [6, 6.07) is 15.0. The molecule has 0 aliphatic carbocycles. The Morgan fingerprint density at radius 2 is 1.91 bits per heavy atom. The van der Waals surface area contributed by atoms with Crippen molar-refractivity contribution in [3.05, 3.63) is 90.0 Å². The highest BCUT2D eigenvalue weighted by atomic mass is 16.5. The van der Waals surface area contributed by atoms with E-state index in [1.807, 2.05) is 59.3 Å². The van der Waals surface area contributed by atoms with Gasteiger partial charge < -0.3 is 19.5 Å². The second-order valence-electron chi connectivity index (χ2n) is 8.09. The van der Waals surface area contributed by atoms with Crippen molar-refractivity contribution in [2.45, 2.75) is 38.0 Å². The van der Waals surface area contributed by atoms with Crippen molar-refractivity contribution in [3.8, 4) is 0 Å². The van der Waals surface area contributed by atoms with Gasteiger partial charge in [0.15, 0.2) is 0 Å². The maximum absolute atomic E-state index is 13.8. The van der Waals surface area contributed by atoms with Crippen LogP contribution in [0.15, 0.2) is 73.3 Å². The Hall–Kier alpha value is -3.94. The van der Waals surface area contributed by atoms with Gasteiger partial charge >= 0.3 is 5.97 Å². The van der Waals surface area contributed by atoms with Crippen molar-refractivity contribution in [3.63, 3.8) is 0 Å². The number of amides is 2. The van der Waals surface area contributed by atoms with E-state index in [1.54, 1.807) is 23.5 Å². The lowest BCUT2D eigenvalue weighted by molar-refractivity contribution is -0.145. The Balaban J connectivity index is 1.73. The molecule has 2 aromatic carbocycles. The number of rotatable bonds is 6. The number of hydrogen-bond acceptors (Lipinski definition) is 5. The Labute approximate surface area is 192 Å². The van der Waals surface area contributed by atoms with Gasteiger partial charge in [-0.05, 0) is 23.3 Å². The van der Waals surface area contributed by atoms with Crippen LogP contribution in [0.3, 0.4) is 0 Å². The van der Waals surface area contributed by atoms with E-state index in [1.165, 1.54) is 14.0 Å². The lowest BCUT2D eigenvalue weighted by Crippen LogP contribution is -2.44. The van der Waals surface area contributed by atoms with Crippen molar-refractivity contribution < 1.29 is 19.1 Å². The number of methoxy groups -OCH3 is 1. The van der Waals surface area contributed by atoms with Gasteiger partial charge in [-0.15, -0.1) is 0 Å². The highest BCUT2D eigenvalue weighted by molar-refractivity contribution is 5.98. The van der Waals surface area contributed by atoms with Crippen LogP contribution in [0.1, 0.15) is 40.9 Å². The molecule has 170 valence electrons. The maximum atomic E-state index is 13.8. The molecule has 8 nitrogen and oxygen atoms in total. The molecule has 1 aliphatic rings. The second kappa shape index (κ2) is 9.68. The van der Waals surface area contributed by atoms with Gasteiger partial charge in [0.2, 0.25) is 5.91 Å². The van der Waals surface area contributed by atoms with Gasteiger partial charge in [-0.3, -0.25) is 9.59 Å². The first-order valence-corrected chi connectivity index (χ1v) is 10.7. The molecule has 2 heterocycles. The molecular formula is C25H26N4O4. The molecule has 2 amide bonds. The Kier molecular flexibility index (Phi) is 6.53. The fourth-order valence-electron chi connectivity index (χ4n) is 4.47. The molecule has 0 bridgehead atoms. The third-order valence-corrected chi connectivity index (χ3v) is 5.83. The number of imidazole rings is 1. The number of esters is 1. The van der Waals surface area contributed by atoms with Crippen molar-refractivity contribution in [1.82, 2.24) is 19.8 Å². The third-order valence-electron chi connectivity index (χ3n) is 5.83. The van der Waals surface area contributed by atoms with Crippen LogP contribution in [0, 0.1) is 0 Å². The topological polar surface area (TPSA) is 93.5 Å². The molecular weight excluding hydrogens is 420 g/mol. The molecule has 3 atom stereocenters. The molecule has 0 saturated carbocycles. The van der Waals surface area contributed by atoms with Crippen LogP contribution in [-0.2, 0) is 20.9 Å². The van der Waals surface area contributed by atoms with Gasteiger partial charge in [0.05, 0.1) is 25.5 Å². The summed E-state index contributed by atoms with van der Waals surface area (Å²) in [5.41, 5.74) is 2.24. The van der Waals surface area contributed by atoms with E-state index in [-0.39, 0.29) is 18.2 Å². The summed E-state index contributed by atoms with van der Waals surface area (Å²) >= 11 is 0. The van der Waals surface area contributed by atoms with Crippen LogP contribution in [0.2, 0.25) is 0 Å². The van der Waals surface area contributed by atoms with E-state index in [4.69, 9.17) is 4.74 Å². The van der Waals surface area contributed by atoms with Crippen molar-refractivity contribution in [2.24, 2.45) is 0 Å². The summed E-state index contributed by atoms with van der Waals surface area (Å²) in [7, 11) is 1.31. The first-order valence-electron chi connectivity index (χ1n) is 10.7. The van der Waals surface area contributed by atoms with Crippen LogP contribution < -0.4 is 5.32 Å². The number of carbonyl (C=O) groups excluding carboxylic acids is 3. The summed E-state index contributed by atoms with van der Waals surface area (Å²) in [5, 5.41) is 2.93. The number of benzene rings is 2. The SMILES string of the molecule is COC(=O)[C@@H]1C[C@@H](NC(C)=O)[C@H](c2ccccc2)N1C(=O)c1cccc(Cn2ccnc2)c1. The Bertz CT molecular complexity index is 1130. The molecule has 1 saturated heterocycles. The molecule has 0 unspecified atom stereocenters. The molecule has 33 heavy (non-hydrogen) atoms. The number of ether oxygens (including phenoxy) is 1. The minimum Gasteiger partial charge on any atom is -0.467 e. The minimum absolute atomic E-state index is 0.221. The molecule has 4 rings (SSSR count). The number of aromatic nitrogens is 2. The van der Waals surface area contributed by atoms with Gasteiger partial charge in [-0.25, -0.2) is 9.78 Å². The molecule has 0 radical (unpaired) electrons. The highest BCUT2D eigenvalue weighted by Gasteiger charge is 2.48. The second-order valence-corrected chi connectivity index (χ2v) is 8.09. The quantitative estimate of drug-likeness (QED) is 0.588. The summed E-state index contributed by atoms with van der Waals surface area (Å²) < 4.78 is 6.94. The first-order chi connectivity index (χ1) is 16.0. The van der Waals surface area contributed by atoms with E-state index in [2.05, 4.69) is 10.3 Å². The van der Waals surface area contributed by atoms with Gasteiger partial charge in [-0.2, -0.15) is 0 Å². The van der Waals surface area contributed by atoms with Crippen molar-refractivity contribution >= 4 is 17.8 Å². The third kappa shape index (κ3) is 4.79. The minimum atomic E-state index is -0.818. The molecule has 1 aromatic heterocycles. The number of likely N-dealkylation sites (tertiary alicyclic amines) is 1. The molecule has 3 aromatic rings. The Morgan fingerprint density at radius 3 is 2.58 bits per heavy atom. The van der Waals surface area contributed by atoms with Gasteiger partial charge in [-0.1, -0.05) is 42.5 Å². The van der Waals surface area contributed by atoms with Crippen molar-refractivity contribution in [2.75, 3.05) is 7.11 Å². The molecule has 8 heteroatoms. The van der Waals surface area contributed by atoms with E-state index < -0.39 is 24.1 Å². The van der Waals surface area contributed by atoms with Crippen LogP contribution >= 0.6 is 0 Å². The summed E-state index contributed by atoms with van der Waals surface area (Å²) in [6.45, 7) is 2.00. The predicted octanol–water partition coefficient (Wildman–Crippen LogP) is 2.56. The average molecular weight is 447 g/mol. The smallest absolute Gasteiger partial charge is 0.328 e. The van der Waals surface area contributed by atoms with E-state index in [0.717, 1.165) is 11.1 Å². The fourth-order valence-corrected chi connectivity index (χ4v) is 4.47. The average Bonchev–Trinajstić information content (AvgIpc) is 3.46. The van der Waals surface area contributed by atoms with E-state index in [9.17, 15) is 14.4 Å². The number of carbonyl (C=O) groups is 3. The molecule has 1 fully saturated rings. The molecule has 1 N–H and O–H groups in total. The monoisotopic (exact) mass is 446 g/mol. The maximum Gasteiger partial charge on any atom is 0.328 e. The number of hydrogen-bond donors (Lipinski definition) is 1. The summed E-state index contributed by atoms with van der Waals surface area (Å²) in [4.78, 5) is 44.1. The van der Waals surface area contributed by atoms with Crippen LogP contribution in [-0.4, -0.2) is 51.4 Å². The highest BCUT2D eigenvalue weighted by Crippen LogP contribution is 2.38. The predicted molar refractivity (Wildman–Crippen MR) is 121 cm³/mol. The molecule has 0 spiro atoms. The van der Waals surface area contributed by atoms with Gasteiger partial charge in [0, 0.05) is 37.8 Å². The van der Waals surface area contributed by atoms with E-state index in [0.29, 0.717) is 12.1 Å². The lowest BCUT2D eigenvalue weighted by Gasteiger charge is -2.31. The zero-order chi connectivity index (χ0) is 23.4. The van der Waals surface area contributed by atoms with Crippen LogP contribution in [0.4, 0.5) is 0 Å². The fraction of sp³-hybridized carbons (Fsp3) is 0.280. The van der Waals surface area contributed by atoms with Crippen LogP contribution in [0.25, 0.3) is 0 Å². The summed E-state index contributed by atoms with van der Waals surface area (Å²) in [6.07, 6.45) is 5.54. The normalized spacial score (nSPS) is 19.8. The van der Waals surface area contributed by atoms with Gasteiger partial charge in [0.25, 0.3) is 5.91 Å². The summed E-state index contributed by atoms with van der Waals surface area (Å²) in [5.74, 6) is -1.02. The Morgan fingerprint density at radius 1 is 1.12 bits per heavy atom. The first kappa shape index (κ1) is 22.3. The molecule has 1 aliphatic heterocycles. The number of nitrogens with one attached hydrogen (secondary N) is 1. The van der Waals surface area contributed by atoms with Crippen LogP contribution in [0.5, 0.6) is 0 Å².